The average molecular weight is 298 g/mol. The van der Waals surface area contributed by atoms with Crippen LogP contribution in [0.2, 0.25) is 0 Å². The zero-order valence-electron chi connectivity index (χ0n) is 11.6. The maximum Gasteiger partial charge on any atom is 0.242 e. The quantitative estimate of drug-likeness (QED) is 0.824. The van der Waals surface area contributed by atoms with Gasteiger partial charge >= 0.3 is 0 Å². The van der Waals surface area contributed by atoms with Crippen LogP contribution in [-0.2, 0) is 14.6 Å². The smallest absolute Gasteiger partial charge is 0.242 e. The number of anilines is 1. The molecular weight excluding hydrogens is 280 g/mol. The van der Waals surface area contributed by atoms with Gasteiger partial charge in [-0.25, -0.2) is 8.42 Å². The Kier molecular flexibility index (Phi) is 4.27. The SMILES string of the molecule is CC(C)CS(=O)(=O)CC(=O)N1CCOc2ccncc21. The molecule has 0 N–H and O–H groups in total. The molecule has 0 atom stereocenters. The molecule has 7 heteroatoms. The van der Waals surface area contributed by atoms with E-state index in [0.717, 1.165) is 0 Å². The lowest BCUT2D eigenvalue weighted by atomic mass is 10.3. The van der Waals surface area contributed by atoms with Crippen LogP contribution >= 0.6 is 0 Å². The van der Waals surface area contributed by atoms with Crippen LogP contribution < -0.4 is 9.64 Å². The van der Waals surface area contributed by atoms with Crippen LogP contribution in [0.1, 0.15) is 13.8 Å². The minimum absolute atomic E-state index is 0.00596. The van der Waals surface area contributed by atoms with Crippen molar-refractivity contribution in [3.8, 4) is 5.75 Å². The Labute approximate surface area is 118 Å². The van der Waals surface area contributed by atoms with E-state index in [4.69, 9.17) is 4.74 Å². The first-order chi connectivity index (χ1) is 9.39. The second-order valence-electron chi connectivity index (χ2n) is 5.19. The molecule has 20 heavy (non-hydrogen) atoms. The normalized spacial score (nSPS) is 14.8. The van der Waals surface area contributed by atoms with Crippen LogP contribution in [0, 0.1) is 5.92 Å². The Hall–Kier alpha value is -1.63. The zero-order valence-corrected chi connectivity index (χ0v) is 12.4. The molecule has 110 valence electrons. The number of ether oxygens (including phenoxy) is 1. The van der Waals surface area contributed by atoms with Crippen molar-refractivity contribution in [2.45, 2.75) is 13.8 Å². The maximum absolute atomic E-state index is 12.2. The third-order valence-electron chi connectivity index (χ3n) is 2.86. The Bertz CT molecular complexity index is 598. The van der Waals surface area contributed by atoms with E-state index in [1.54, 1.807) is 12.3 Å². The summed E-state index contributed by atoms with van der Waals surface area (Å²) >= 11 is 0. The fourth-order valence-electron chi connectivity index (χ4n) is 2.16. The summed E-state index contributed by atoms with van der Waals surface area (Å²) < 4.78 is 29.2. The summed E-state index contributed by atoms with van der Waals surface area (Å²) in [6, 6.07) is 1.66. The lowest BCUT2D eigenvalue weighted by Crippen LogP contribution is -2.41. The van der Waals surface area contributed by atoms with Gasteiger partial charge in [0.1, 0.15) is 23.8 Å². The number of amides is 1. The number of fused-ring (bicyclic) bond motifs is 1. The summed E-state index contributed by atoms with van der Waals surface area (Å²) in [6.45, 7) is 4.33. The van der Waals surface area contributed by atoms with Crippen LogP contribution in [0.4, 0.5) is 5.69 Å². The Morgan fingerprint density at radius 2 is 2.25 bits per heavy atom. The highest BCUT2D eigenvalue weighted by Gasteiger charge is 2.27. The van der Waals surface area contributed by atoms with E-state index in [1.165, 1.54) is 11.1 Å². The molecule has 1 aromatic heterocycles. The third-order valence-corrected chi connectivity index (χ3v) is 4.72. The van der Waals surface area contributed by atoms with Crippen LogP contribution in [0.25, 0.3) is 0 Å². The monoisotopic (exact) mass is 298 g/mol. The second kappa shape index (κ2) is 5.78. The predicted molar refractivity (Wildman–Crippen MR) is 75.6 cm³/mol. The molecule has 0 radical (unpaired) electrons. The van der Waals surface area contributed by atoms with Crippen molar-refractivity contribution >= 4 is 21.4 Å². The molecule has 2 rings (SSSR count). The lowest BCUT2D eigenvalue weighted by molar-refractivity contribution is -0.116. The van der Waals surface area contributed by atoms with Gasteiger partial charge in [0, 0.05) is 12.3 Å². The maximum atomic E-state index is 12.2. The zero-order chi connectivity index (χ0) is 14.8. The average Bonchev–Trinajstić information content (AvgIpc) is 2.35. The van der Waals surface area contributed by atoms with Gasteiger partial charge < -0.3 is 9.64 Å². The highest BCUT2D eigenvalue weighted by Crippen LogP contribution is 2.30. The number of hydrogen-bond donors (Lipinski definition) is 0. The molecule has 0 aliphatic carbocycles. The molecule has 0 unspecified atom stereocenters. The van der Waals surface area contributed by atoms with Gasteiger partial charge in [-0.15, -0.1) is 0 Å². The van der Waals surface area contributed by atoms with E-state index in [-0.39, 0.29) is 11.7 Å². The minimum atomic E-state index is -3.38. The molecule has 1 amide bonds. The van der Waals surface area contributed by atoms with Crippen LogP contribution in [0.5, 0.6) is 5.75 Å². The first kappa shape index (κ1) is 14.8. The lowest BCUT2D eigenvalue weighted by Gasteiger charge is -2.29. The Morgan fingerprint density at radius 1 is 1.50 bits per heavy atom. The van der Waals surface area contributed by atoms with Crippen molar-refractivity contribution < 1.29 is 17.9 Å². The van der Waals surface area contributed by atoms with Crippen molar-refractivity contribution in [1.82, 2.24) is 4.98 Å². The Morgan fingerprint density at radius 3 is 2.95 bits per heavy atom. The van der Waals surface area contributed by atoms with Gasteiger partial charge in [-0.2, -0.15) is 0 Å². The molecular formula is C13H18N2O4S. The summed E-state index contributed by atoms with van der Waals surface area (Å²) in [5, 5.41) is 0. The fourth-order valence-corrected chi connectivity index (χ4v) is 3.82. The molecule has 1 aliphatic heterocycles. The second-order valence-corrected chi connectivity index (χ2v) is 7.29. The largest absolute Gasteiger partial charge is 0.489 e. The molecule has 1 aliphatic rings. The van der Waals surface area contributed by atoms with Gasteiger partial charge in [-0.3, -0.25) is 9.78 Å². The van der Waals surface area contributed by atoms with Gasteiger partial charge in [0.15, 0.2) is 9.84 Å². The topological polar surface area (TPSA) is 76.6 Å². The number of carbonyl (C=O) groups excluding carboxylic acids is 1. The van der Waals surface area contributed by atoms with Crippen LogP contribution in [0.3, 0.4) is 0 Å². The predicted octanol–water partition coefficient (Wildman–Crippen LogP) is 0.878. The van der Waals surface area contributed by atoms with Gasteiger partial charge in [-0.1, -0.05) is 13.8 Å². The summed E-state index contributed by atoms with van der Waals surface area (Å²) in [6.07, 6.45) is 3.09. The van der Waals surface area contributed by atoms with Gasteiger partial charge in [0.05, 0.1) is 18.5 Å². The Balaban J connectivity index is 2.15. The number of hydrogen-bond acceptors (Lipinski definition) is 5. The summed E-state index contributed by atoms with van der Waals surface area (Å²) in [4.78, 5) is 17.6. The van der Waals surface area contributed by atoms with Crippen molar-refractivity contribution in [3.63, 3.8) is 0 Å². The van der Waals surface area contributed by atoms with E-state index in [0.29, 0.717) is 24.6 Å². The highest BCUT2D eigenvalue weighted by molar-refractivity contribution is 7.92. The standard InChI is InChI=1S/C13H18N2O4S/c1-10(2)8-20(17,18)9-13(16)15-5-6-19-12-3-4-14-7-11(12)15/h3-4,7,10H,5-6,8-9H2,1-2H3. The first-order valence-electron chi connectivity index (χ1n) is 6.46. The molecule has 6 nitrogen and oxygen atoms in total. The number of sulfone groups is 1. The first-order valence-corrected chi connectivity index (χ1v) is 8.29. The van der Waals surface area contributed by atoms with E-state index < -0.39 is 21.5 Å². The number of aromatic nitrogens is 1. The molecule has 2 heterocycles. The summed E-state index contributed by atoms with van der Waals surface area (Å²) in [5.74, 6) is -0.321. The minimum Gasteiger partial charge on any atom is -0.489 e. The summed E-state index contributed by atoms with van der Waals surface area (Å²) in [5.41, 5.74) is 0.531. The fraction of sp³-hybridized carbons (Fsp3) is 0.538. The van der Waals surface area contributed by atoms with Crippen molar-refractivity contribution in [2.24, 2.45) is 5.92 Å². The van der Waals surface area contributed by atoms with Gasteiger partial charge in [-0.05, 0) is 5.92 Å². The van der Waals surface area contributed by atoms with Crippen molar-refractivity contribution in [1.29, 1.82) is 0 Å². The molecule has 0 fully saturated rings. The van der Waals surface area contributed by atoms with Crippen molar-refractivity contribution in [3.05, 3.63) is 18.5 Å². The van der Waals surface area contributed by atoms with E-state index >= 15 is 0 Å². The molecule has 0 aromatic carbocycles. The van der Waals surface area contributed by atoms with Crippen molar-refractivity contribution in [2.75, 3.05) is 29.6 Å². The molecule has 1 aromatic rings. The van der Waals surface area contributed by atoms with Crippen LogP contribution in [-0.4, -0.2) is 44.0 Å². The number of pyridine rings is 1. The van der Waals surface area contributed by atoms with Crippen LogP contribution in [0.15, 0.2) is 18.5 Å². The van der Waals surface area contributed by atoms with Gasteiger partial charge in [0.25, 0.3) is 0 Å². The number of carbonyl (C=O) groups is 1. The molecule has 0 saturated carbocycles. The number of rotatable bonds is 4. The van der Waals surface area contributed by atoms with E-state index in [1.807, 2.05) is 13.8 Å². The van der Waals surface area contributed by atoms with Gasteiger partial charge in [0.2, 0.25) is 5.91 Å². The molecule has 0 saturated heterocycles. The van der Waals surface area contributed by atoms with E-state index in [9.17, 15) is 13.2 Å². The highest BCUT2D eigenvalue weighted by atomic mass is 32.2. The summed E-state index contributed by atoms with van der Waals surface area (Å²) in [7, 11) is -3.38. The number of nitrogens with zero attached hydrogens (tertiary/aromatic N) is 2. The third kappa shape index (κ3) is 3.47. The van der Waals surface area contributed by atoms with E-state index in [2.05, 4.69) is 4.98 Å². The molecule has 0 spiro atoms. The molecule has 0 bridgehead atoms.